The summed E-state index contributed by atoms with van der Waals surface area (Å²) in [5.41, 5.74) is 4.77. The van der Waals surface area contributed by atoms with Crippen LogP contribution in [-0.4, -0.2) is 28.2 Å². The van der Waals surface area contributed by atoms with Gasteiger partial charge in [-0.1, -0.05) is 23.7 Å². The SMILES string of the molecule is Cc1cc(C=C2NC(=O)N(Cc3ccc(Cl)cc3)C2=O)c(C)n1-c1ccc2c(c1)OCO2. The number of fused-ring (bicyclic) bond motifs is 1. The van der Waals surface area contributed by atoms with E-state index in [0.29, 0.717) is 10.8 Å². The Kier molecular flexibility index (Phi) is 4.90. The van der Waals surface area contributed by atoms with Gasteiger partial charge in [0.2, 0.25) is 6.79 Å². The summed E-state index contributed by atoms with van der Waals surface area (Å²) in [5, 5.41) is 3.29. The molecule has 0 saturated carbocycles. The minimum atomic E-state index is -0.444. The number of nitrogens with one attached hydrogen (secondary N) is 1. The molecule has 0 unspecified atom stereocenters. The summed E-state index contributed by atoms with van der Waals surface area (Å²) in [6.45, 7) is 4.35. The lowest BCUT2D eigenvalue weighted by Crippen LogP contribution is -2.30. The number of ether oxygens (including phenoxy) is 2. The Morgan fingerprint density at radius 3 is 2.56 bits per heavy atom. The van der Waals surface area contributed by atoms with Crippen LogP contribution < -0.4 is 14.8 Å². The molecule has 0 bridgehead atoms. The highest BCUT2D eigenvalue weighted by molar-refractivity contribution is 6.30. The number of rotatable bonds is 4. The fourth-order valence-corrected chi connectivity index (χ4v) is 4.12. The highest BCUT2D eigenvalue weighted by Gasteiger charge is 2.33. The molecule has 32 heavy (non-hydrogen) atoms. The fourth-order valence-electron chi connectivity index (χ4n) is 4.00. The summed E-state index contributed by atoms with van der Waals surface area (Å²) in [7, 11) is 0. The molecular weight excluding hydrogens is 430 g/mol. The number of aryl methyl sites for hydroxylation is 1. The molecule has 0 atom stereocenters. The van der Waals surface area contributed by atoms with E-state index in [4.69, 9.17) is 21.1 Å². The average molecular weight is 450 g/mol. The molecule has 2 aromatic carbocycles. The van der Waals surface area contributed by atoms with Crippen LogP contribution in [0.15, 0.2) is 54.2 Å². The van der Waals surface area contributed by atoms with Crippen molar-refractivity contribution >= 4 is 29.6 Å². The molecule has 2 aliphatic rings. The van der Waals surface area contributed by atoms with Gasteiger partial charge in [0, 0.05) is 28.2 Å². The molecule has 3 heterocycles. The van der Waals surface area contributed by atoms with Crippen molar-refractivity contribution in [3.8, 4) is 17.2 Å². The van der Waals surface area contributed by atoms with E-state index in [9.17, 15) is 9.59 Å². The van der Waals surface area contributed by atoms with Crippen LogP contribution in [-0.2, 0) is 11.3 Å². The van der Waals surface area contributed by atoms with E-state index in [0.717, 1.165) is 34.0 Å². The number of amides is 3. The van der Waals surface area contributed by atoms with Crippen LogP contribution in [0.3, 0.4) is 0 Å². The summed E-state index contributed by atoms with van der Waals surface area (Å²) in [4.78, 5) is 26.5. The van der Waals surface area contributed by atoms with Crippen LogP contribution in [0.25, 0.3) is 11.8 Å². The van der Waals surface area contributed by atoms with Crippen molar-refractivity contribution in [1.82, 2.24) is 14.8 Å². The standard InChI is InChI=1S/C24H20ClN3O4/c1-14-9-17(15(2)28(14)19-7-8-21-22(11-19)32-13-31-21)10-20-23(29)27(24(30)26-20)12-16-3-5-18(25)6-4-16/h3-11H,12-13H2,1-2H3,(H,26,30). The van der Waals surface area contributed by atoms with Crippen LogP contribution in [0.4, 0.5) is 4.79 Å². The van der Waals surface area contributed by atoms with Gasteiger partial charge in [0.1, 0.15) is 5.70 Å². The number of hydrogen-bond acceptors (Lipinski definition) is 4. The van der Waals surface area contributed by atoms with Crippen molar-refractivity contribution < 1.29 is 19.1 Å². The lowest BCUT2D eigenvalue weighted by atomic mass is 10.2. The van der Waals surface area contributed by atoms with Gasteiger partial charge in [-0.2, -0.15) is 0 Å². The summed E-state index contributed by atoms with van der Waals surface area (Å²) >= 11 is 5.92. The number of urea groups is 1. The molecule has 2 aliphatic heterocycles. The van der Waals surface area contributed by atoms with Crippen molar-refractivity contribution in [2.75, 3.05) is 6.79 Å². The van der Waals surface area contributed by atoms with E-state index < -0.39 is 6.03 Å². The van der Waals surface area contributed by atoms with Gasteiger partial charge >= 0.3 is 6.03 Å². The van der Waals surface area contributed by atoms with Crippen molar-refractivity contribution in [3.63, 3.8) is 0 Å². The Hall–Kier alpha value is -3.71. The first-order valence-electron chi connectivity index (χ1n) is 10.1. The van der Waals surface area contributed by atoms with E-state index in [-0.39, 0.29) is 24.9 Å². The van der Waals surface area contributed by atoms with Gasteiger partial charge in [-0.05, 0) is 61.4 Å². The normalized spacial score (nSPS) is 16.2. The number of carbonyl (C=O) groups excluding carboxylic acids is 2. The van der Waals surface area contributed by atoms with Crippen LogP contribution in [0.5, 0.6) is 11.5 Å². The summed E-state index contributed by atoms with van der Waals surface area (Å²) in [5.74, 6) is 1.06. The third kappa shape index (κ3) is 3.50. The van der Waals surface area contributed by atoms with E-state index in [2.05, 4.69) is 9.88 Å². The monoisotopic (exact) mass is 449 g/mol. The summed E-state index contributed by atoms with van der Waals surface area (Å²) in [6.07, 6.45) is 1.72. The lowest BCUT2D eigenvalue weighted by molar-refractivity contribution is -0.123. The van der Waals surface area contributed by atoms with Crippen molar-refractivity contribution in [2.24, 2.45) is 0 Å². The predicted octanol–water partition coefficient (Wildman–Crippen LogP) is 4.57. The second-order valence-electron chi connectivity index (χ2n) is 7.71. The summed E-state index contributed by atoms with van der Waals surface area (Å²) < 4.78 is 13.0. The quantitative estimate of drug-likeness (QED) is 0.468. The molecule has 7 nitrogen and oxygen atoms in total. The van der Waals surface area contributed by atoms with Crippen molar-refractivity contribution in [3.05, 3.63) is 81.8 Å². The van der Waals surface area contributed by atoms with E-state index >= 15 is 0 Å². The number of nitrogens with zero attached hydrogens (tertiary/aromatic N) is 2. The molecule has 1 aromatic heterocycles. The Morgan fingerprint density at radius 2 is 1.78 bits per heavy atom. The second-order valence-corrected chi connectivity index (χ2v) is 8.14. The van der Waals surface area contributed by atoms with Gasteiger partial charge in [0.05, 0.1) is 6.54 Å². The van der Waals surface area contributed by atoms with Crippen LogP contribution >= 0.6 is 11.6 Å². The second kappa shape index (κ2) is 7.76. The molecule has 162 valence electrons. The predicted molar refractivity (Wildman–Crippen MR) is 120 cm³/mol. The zero-order valence-electron chi connectivity index (χ0n) is 17.5. The molecule has 1 N–H and O–H groups in total. The van der Waals surface area contributed by atoms with Crippen LogP contribution in [0.2, 0.25) is 5.02 Å². The van der Waals surface area contributed by atoms with Crippen molar-refractivity contribution in [2.45, 2.75) is 20.4 Å². The first-order valence-corrected chi connectivity index (χ1v) is 10.5. The molecule has 8 heteroatoms. The highest BCUT2D eigenvalue weighted by Crippen LogP contribution is 2.35. The maximum Gasteiger partial charge on any atom is 0.329 e. The Morgan fingerprint density at radius 1 is 1.03 bits per heavy atom. The molecule has 1 fully saturated rings. The minimum absolute atomic E-state index is 0.176. The van der Waals surface area contributed by atoms with Gasteiger partial charge in [-0.3, -0.25) is 9.69 Å². The zero-order valence-corrected chi connectivity index (χ0v) is 18.3. The Labute approximate surface area is 189 Å². The topological polar surface area (TPSA) is 72.8 Å². The third-order valence-electron chi connectivity index (χ3n) is 5.60. The van der Waals surface area contributed by atoms with Gasteiger partial charge in [-0.25, -0.2) is 4.79 Å². The largest absolute Gasteiger partial charge is 0.454 e. The molecule has 3 aromatic rings. The fraction of sp³-hybridized carbons (Fsp3) is 0.167. The van der Waals surface area contributed by atoms with E-state index in [1.807, 2.05) is 38.1 Å². The molecule has 0 aliphatic carbocycles. The molecule has 3 amide bonds. The maximum atomic E-state index is 12.9. The van der Waals surface area contributed by atoms with Crippen LogP contribution in [0, 0.1) is 13.8 Å². The number of hydrogen-bond donors (Lipinski definition) is 1. The molecule has 0 spiro atoms. The van der Waals surface area contributed by atoms with Crippen LogP contribution in [0.1, 0.15) is 22.5 Å². The number of halogens is 1. The first-order chi connectivity index (χ1) is 15.4. The van der Waals surface area contributed by atoms with E-state index in [1.54, 1.807) is 30.3 Å². The summed E-state index contributed by atoms with van der Waals surface area (Å²) in [6, 6.07) is 14.4. The van der Waals surface area contributed by atoms with Gasteiger partial charge in [0.25, 0.3) is 5.91 Å². The average Bonchev–Trinajstić information content (AvgIpc) is 3.42. The van der Waals surface area contributed by atoms with Gasteiger partial charge in [-0.15, -0.1) is 0 Å². The van der Waals surface area contributed by atoms with Crippen molar-refractivity contribution in [1.29, 1.82) is 0 Å². The molecular formula is C24H20ClN3O4. The third-order valence-corrected chi connectivity index (χ3v) is 5.85. The highest BCUT2D eigenvalue weighted by atomic mass is 35.5. The first kappa shape index (κ1) is 20.2. The van der Waals surface area contributed by atoms with Gasteiger partial charge < -0.3 is 19.4 Å². The lowest BCUT2D eigenvalue weighted by Gasteiger charge is -2.11. The smallest absolute Gasteiger partial charge is 0.329 e. The Bertz CT molecular complexity index is 1280. The molecule has 1 saturated heterocycles. The Balaban J connectivity index is 1.43. The maximum absolute atomic E-state index is 12.9. The number of imide groups is 1. The number of aromatic nitrogens is 1. The number of carbonyl (C=O) groups is 2. The molecule has 0 radical (unpaired) electrons. The molecule has 5 rings (SSSR count). The minimum Gasteiger partial charge on any atom is -0.454 e. The van der Waals surface area contributed by atoms with E-state index in [1.165, 1.54) is 4.90 Å². The van der Waals surface area contributed by atoms with Gasteiger partial charge in [0.15, 0.2) is 11.5 Å². The zero-order chi connectivity index (χ0) is 22.4. The number of benzene rings is 2.